The van der Waals surface area contributed by atoms with E-state index in [1.54, 1.807) is 29.7 Å². The van der Waals surface area contributed by atoms with Gasteiger partial charge in [-0.1, -0.05) is 0 Å². The maximum Gasteiger partial charge on any atom is 0.226 e. The molecule has 0 radical (unpaired) electrons. The van der Waals surface area contributed by atoms with Gasteiger partial charge in [-0.25, -0.2) is 4.98 Å². The molecule has 0 unspecified atom stereocenters. The maximum atomic E-state index is 11.7. The van der Waals surface area contributed by atoms with E-state index >= 15 is 0 Å². The van der Waals surface area contributed by atoms with Crippen molar-refractivity contribution in [2.75, 3.05) is 12.3 Å². The molecule has 0 aliphatic rings. The Hall–Kier alpha value is -1.95. The summed E-state index contributed by atoms with van der Waals surface area (Å²) in [5.74, 6) is -0.0378. The summed E-state index contributed by atoms with van der Waals surface area (Å²) < 4.78 is 0. The number of nitrogens with zero attached hydrogens (tertiary/aromatic N) is 2. The van der Waals surface area contributed by atoms with Crippen LogP contribution in [0.4, 0.5) is 5.69 Å². The average molecular weight is 276 g/mol. The van der Waals surface area contributed by atoms with Crippen molar-refractivity contribution in [1.29, 1.82) is 0 Å². The van der Waals surface area contributed by atoms with Crippen LogP contribution in [0.1, 0.15) is 16.4 Å². The van der Waals surface area contributed by atoms with E-state index in [4.69, 9.17) is 5.73 Å². The van der Waals surface area contributed by atoms with Crippen LogP contribution in [0.3, 0.4) is 0 Å². The molecule has 19 heavy (non-hydrogen) atoms. The highest BCUT2D eigenvalue weighted by Crippen LogP contribution is 2.07. The topological polar surface area (TPSA) is 80.9 Å². The molecule has 3 N–H and O–H groups in total. The number of anilines is 1. The van der Waals surface area contributed by atoms with Crippen LogP contribution in [0.25, 0.3) is 0 Å². The lowest BCUT2D eigenvalue weighted by atomic mass is 10.2. The van der Waals surface area contributed by atoms with Crippen molar-refractivity contribution in [2.45, 2.75) is 19.8 Å². The molecule has 0 aromatic carbocycles. The van der Waals surface area contributed by atoms with Gasteiger partial charge in [-0.15, -0.1) is 11.3 Å². The Balaban J connectivity index is 1.74. The Morgan fingerprint density at radius 3 is 2.89 bits per heavy atom. The number of nitrogens with one attached hydrogen (secondary N) is 1. The van der Waals surface area contributed by atoms with Crippen molar-refractivity contribution in [2.24, 2.45) is 0 Å². The molecule has 0 spiro atoms. The van der Waals surface area contributed by atoms with E-state index in [0.29, 0.717) is 12.2 Å². The highest BCUT2D eigenvalue weighted by Gasteiger charge is 2.05. The Bertz CT molecular complexity index is 550. The molecule has 0 saturated carbocycles. The standard InChI is InChI=1S/C13H16N4OS/c1-9-17-12(8-19-9)4-5-15-13(18)6-11-3-2-10(14)7-16-11/h2-3,7-8H,4-6,14H2,1H3,(H,15,18). The number of pyridine rings is 1. The third-order valence-corrected chi connectivity index (χ3v) is 3.38. The first kappa shape index (κ1) is 13.5. The zero-order valence-corrected chi connectivity index (χ0v) is 11.5. The van der Waals surface area contributed by atoms with Crippen LogP contribution in [0.5, 0.6) is 0 Å². The summed E-state index contributed by atoms with van der Waals surface area (Å²) >= 11 is 1.62. The number of hydrogen-bond donors (Lipinski definition) is 2. The zero-order valence-electron chi connectivity index (χ0n) is 10.7. The average Bonchev–Trinajstić information content (AvgIpc) is 2.78. The SMILES string of the molecule is Cc1nc(CCNC(=O)Cc2ccc(N)cn2)cs1. The van der Waals surface area contributed by atoms with Gasteiger partial charge in [0.25, 0.3) is 0 Å². The molecule has 2 aromatic rings. The second kappa shape index (κ2) is 6.29. The number of carbonyl (C=O) groups is 1. The van der Waals surface area contributed by atoms with Crippen LogP contribution in [0.2, 0.25) is 0 Å². The minimum absolute atomic E-state index is 0.0378. The fourth-order valence-electron chi connectivity index (χ4n) is 1.62. The quantitative estimate of drug-likeness (QED) is 0.863. The van der Waals surface area contributed by atoms with Gasteiger partial charge >= 0.3 is 0 Å². The highest BCUT2D eigenvalue weighted by atomic mass is 32.1. The molecule has 0 atom stereocenters. The van der Waals surface area contributed by atoms with Crippen molar-refractivity contribution in [3.8, 4) is 0 Å². The highest BCUT2D eigenvalue weighted by molar-refractivity contribution is 7.09. The molecule has 6 heteroatoms. The molecule has 2 heterocycles. The molecular weight excluding hydrogens is 260 g/mol. The number of nitrogen functional groups attached to an aromatic ring is 1. The van der Waals surface area contributed by atoms with Gasteiger partial charge in [-0.2, -0.15) is 0 Å². The van der Waals surface area contributed by atoms with Crippen LogP contribution in [-0.4, -0.2) is 22.4 Å². The van der Waals surface area contributed by atoms with E-state index in [2.05, 4.69) is 15.3 Å². The number of amides is 1. The predicted octanol–water partition coefficient (Wildman–Crippen LogP) is 1.33. The predicted molar refractivity (Wildman–Crippen MR) is 75.9 cm³/mol. The molecule has 0 aliphatic carbocycles. The van der Waals surface area contributed by atoms with Crippen molar-refractivity contribution in [3.05, 3.63) is 40.1 Å². The second-order valence-corrected chi connectivity index (χ2v) is 5.28. The number of aromatic nitrogens is 2. The van der Waals surface area contributed by atoms with Gasteiger partial charge in [-0.05, 0) is 19.1 Å². The summed E-state index contributed by atoms with van der Waals surface area (Å²) in [4.78, 5) is 20.1. The van der Waals surface area contributed by atoms with Crippen LogP contribution >= 0.6 is 11.3 Å². The first-order valence-corrected chi connectivity index (χ1v) is 6.89. The summed E-state index contributed by atoms with van der Waals surface area (Å²) in [5.41, 5.74) is 7.88. The van der Waals surface area contributed by atoms with Crippen LogP contribution in [0.15, 0.2) is 23.7 Å². The molecule has 0 fully saturated rings. The first-order valence-electron chi connectivity index (χ1n) is 6.01. The summed E-state index contributed by atoms with van der Waals surface area (Å²) in [7, 11) is 0. The van der Waals surface area contributed by atoms with E-state index in [9.17, 15) is 4.79 Å². The Labute approximate surface area is 115 Å². The maximum absolute atomic E-state index is 11.7. The molecule has 0 saturated heterocycles. The Morgan fingerprint density at radius 1 is 1.42 bits per heavy atom. The van der Waals surface area contributed by atoms with Gasteiger partial charge in [-0.3, -0.25) is 9.78 Å². The largest absolute Gasteiger partial charge is 0.397 e. The molecule has 0 bridgehead atoms. The van der Waals surface area contributed by atoms with Crippen molar-refractivity contribution >= 4 is 22.9 Å². The number of hydrogen-bond acceptors (Lipinski definition) is 5. The van der Waals surface area contributed by atoms with Crippen LogP contribution in [0, 0.1) is 6.92 Å². The summed E-state index contributed by atoms with van der Waals surface area (Å²) in [6, 6.07) is 3.51. The fraction of sp³-hybridized carbons (Fsp3) is 0.308. The van der Waals surface area contributed by atoms with Gasteiger partial charge in [0.1, 0.15) is 0 Å². The van der Waals surface area contributed by atoms with E-state index in [0.717, 1.165) is 22.8 Å². The number of nitrogens with two attached hydrogens (primary N) is 1. The van der Waals surface area contributed by atoms with Crippen molar-refractivity contribution in [1.82, 2.24) is 15.3 Å². The van der Waals surface area contributed by atoms with E-state index < -0.39 is 0 Å². The fourth-order valence-corrected chi connectivity index (χ4v) is 2.27. The normalized spacial score (nSPS) is 10.4. The molecule has 1 amide bonds. The van der Waals surface area contributed by atoms with E-state index in [1.807, 2.05) is 12.3 Å². The lowest BCUT2D eigenvalue weighted by molar-refractivity contribution is -0.120. The van der Waals surface area contributed by atoms with Gasteiger partial charge in [0.15, 0.2) is 0 Å². The summed E-state index contributed by atoms with van der Waals surface area (Å²) in [6.45, 7) is 2.57. The van der Waals surface area contributed by atoms with Crippen molar-refractivity contribution in [3.63, 3.8) is 0 Å². The van der Waals surface area contributed by atoms with Crippen LogP contribution in [-0.2, 0) is 17.6 Å². The lowest BCUT2D eigenvalue weighted by Gasteiger charge is -2.04. The van der Waals surface area contributed by atoms with Crippen molar-refractivity contribution < 1.29 is 4.79 Å². The third-order valence-electron chi connectivity index (χ3n) is 2.56. The van der Waals surface area contributed by atoms with E-state index in [-0.39, 0.29) is 12.3 Å². The zero-order chi connectivity index (χ0) is 13.7. The summed E-state index contributed by atoms with van der Waals surface area (Å²) in [5, 5.41) is 5.92. The molecular formula is C13H16N4OS. The van der Waals surface area contributed by atoms with Gasteiger partial charge in [0.05, 0.1) is 29.0 Å². The second-order valence-electron chi connectivity index (χ2n) is 4.22. The Kier molecular flexibility index (Phi) is 4.46. The molecule has 5 nitrogen and oxygen atoms in total. The molecule has 2 aromatic heterocycles. The number of rotatable bonds is 5. The number of thiazole rings is 1. The van der Waals surface area contributed by atoms with Gasteiger partial charge < -0.3 is 11.1 Å². The molecule has 2 rings (SSSR count). The third kappa shape index (κ3) is 4.33. The van der Waals surface area contributed by atoms with Gasteiger partial charge in [0.2, 0.25) is 5.91 Å². The molecule has 100 valence electrons. The summed E-state index contributed by atoms with van der Waals surface area (Å²) in [6.07, 6.45) is 2.59. The molecule has 0 aliphatic heterocycles. The van der Waals surface area contributed by atoms with E-state index in [1.165, 1.54) is 0 Å². The lowest BCUT2D eigenvalue weighted by Crippen LogP contribution is -2.27. The minimum atomic E-state index is -0.0378. The van der Waals surface area contributed by atoms with Crippen LogP contribution < -0.4 is 11.1 Å². The Morgan fingerprint density at radius 2 is 2.26 bits per heavy atom. The van der Waals surface area contributed by atoms with Gasteiger partial charge in [0, 0.05) is 24.0 Å². The smallest absolute Gasteiger partial charge is 0.226 e. The number of aryl methyl sites for hydroxylation is 1. The number of carbonyl (C=O) groups excluding carboxylic acids is 1. The minimum Gasteiger partial charge on any atom is -0.397 e. The first-order chi connectivity index (χ1) is 9.13. The monoisotopic (exact) mass is 276 g/mol.